The lowest BCUT2D eigenvalue weighted by Crippen LogP contribution is -2.44. The maximum absolute atomic E-state index is 12.9. The number of amides is 1. The first-order chi connectivity index (χ1) is 11.1. The quantitative estimate of drug-likeness (QED) is 0.869. The Hall–Kier alpha value is -2.47. The zero-order valence-electron chi connectivity index (χ0n) is 13.3. The standard InChI is InChI=1S/C17H21N3O3/c1-3-14(12-21)20(11-13-6-8-18-9-7-13)17(23)15-5-4-10-19(2)16(15)22/h4-10,14,21H,3,11-12H2,1-2H3/t14-/m0/s1. The summed E-state index contributed by atoms with van der Waals surface area (Å²) >= 11 is 0. The summed E-state index contributed by atoms with van der Waals surface area (Å²) in [6.07, 6.45) is 5.51. The minimum absolute atomic E-state index is 0.107. The Kier molecular flexibility index (Phi) is 5.65. The topological polar surface area (TPSA) is 75.4 Å². The molecule has 0 aromatic carbocycles. The molecule has 2 rings (SSSR count). The largest absolute Gasteiger partial charge is 0.394 e. The van der Waals surface area contributed by atoms with E-state index in [2.05, 4.69) is 4.98 Å². The monoisotopic (exact) mass is 315 g/mol. The second-order valence-corrected chi connectivity index (χ2v) is 5.37. The van der Waals surface area contributed by atoms with E-state index in [-0.39, 0.29) is 29.7 Å². The molecule has 0 radical (unpaired) electrons. The summed E-state index contributed by atoms with van der Waals surface area (Å²) in [5.74, 6) is -0.371. The molecule has 0 aliphatic heterocycles. The van der Waals surface area contributed by atoms with Crippen LogP contribution in [-0.2, 0) is 13.6 Å². The predicted octanol–water partition coefficient (Wildman–Crippen LogP) is 1.19. The molecule has 0 fully saturated rings. The van der Waals surface area contributed by atoms with E-state index in [1.807, 2.05) is 19.1 Å². The van der Waals surface area contributed by atoms with Crippen molar-refractivity contribution in [1.29, 1.82) is 0 Å². The molecule has 1 N–H and O–H groups in total. The molecular weight excluding hydrogens is 294 g/mol. The SMILES string of the molecule is CC[C@@H](CO)N(Cc1ccncc1)C(=O)c1cccn(C)c1=O. The Labute approximate surface area is 135 Å². The average Bonchev–Trinajstić information content (AvgIpc) is 2.58. The van der Waals surface area contributed by atoms with E-state index in [0.717, 1.165) is 5.56 Å². The molecule has 23 heavy (non-hydrogen) atoms. The van der Waals surface area contributed by atoms with Crippen molar-refractivity contribution in [1.82, 2.24) is 14.5 Å². The van der Waals surface area contributed by atoms with E-state index in [9.17, 15) is 14.7 Å². The van der Waals surface area contributed by atoms with Gasteiger partial charge in [0, 0.05) is 32.2 Å². The lowest BCUT2D eigenvalue weighted by Gasteiger charge is -2.30. The molecule has 0 bridgehead atoms. The van der Waals surface area contributed by atoms with Gasteiger partial charge < -0.3 is 14.6 Å². The number of aliphatic hydroxyl groups is 1. The molecule has 1 amide bonds. The van der Waals surface area contributed by atoms with Crippen LogP contribution in [0.2, 0.25) is 0 Å². The zero-order valence-corrected chi connectivity index (χ0v) is 13.3. The highest BCUT2D eigenvalue weighted by Crippen LogP contribution is 2.13. The predicted molar refractivity (Wildman–Crippen MR) is 87.0 cm³/mol. The summed E-state index contributed by atoms with van der Waals surface area (Å²) in [5.41, 5.74) is 0.661. The molecule has 0 aliphatic rings. The highest BCUT2D eigenvalue weighted by Gasteiger charge is 2.25. The molecule has 0 spiro atoms. The smallest absolute Gasteiger partial charge is 0.263 e. The Bertz CT molecular complexity index is 709. The molecule has 1 atom stereocenters. The third-order valence-corrected chi connectivity index (χ3v) is 3.84. The number of aliphatic hydroxyl groups excluding tert-OH is 1. The number of aryl methyl sites for hydroxylation is 1. The van der Waals surface area contributed by atoms with Crippen LogP contribution >= 0.6 is 0 Å². The van der Waals surface area contributed by atoms with E-state index in [4.69, 9.17) is 0 Å². The van der Waals surface area contributed by atoms with Crippen LogP contribution < -0.4 is 5.56 Å². The molecular formula is C17H21N3O3. The van der Waals surface area contributed by atoms with Gasteiger partial charge in [-0.1, -0.05) is 6.92 Å². The third kappa shape index (κ3) is 3.84. The van der Waals surface area contributed by atoms with Crippen molar-refractivity contribution in [2.45, 2.75) is 25.9 Å². The number of aromatic nitrogens is 2. The van der Waals surface area contributed by atoms with Crippen molar-refractivity contribution in [3.05, 3.63) is 64.3 Å². The molecule has 0 aliphatic carbocycles. The van der Waals surface area contributed by atoms with Crippen LogP contribution in [-0.4, -0.2) is 38.1 Å². The Balaban J connectivity index is 2.38. The Morgan fingerprint density at radius 3 is 2.65 bits per heavy atom. The summed E-state index contributed by atoms with van der Waals surface area (Å²) in [5, 5.41) is 9.60. The van der Waals surface area contributed by atoms with Gasteiger partial charge >= 0.3 is 0 Å². The van der Waals surface area contributed by atoms with Crippen LogP contribution in [0.4, 0.5) is 0 Å². The van der Waals surface area contributed by atoms with Crippen LogP contribution in [0.1, 0.15) is 29.3 Å². The van der Waals surface area contributed by atoms with Crippen molar-refractivity contribution in [3.63, 3.8) is 0 Å². The first-order valence-electron chi connectivity index (χ1n) is 7.54. The van der Waals surface area contributed by atoms with Gasteiger partial charge in [0.15, 0.2) is 0 Å². The lowest BCUT2D eigenvalue weighted by molar-refractivity contribution is 0.0561. The zero-order chi connectivity index (χ0) is 16.8. The number of pyridine rings is 2. The number of nitrogens with zero attached hydrogens (tertiary/aromatic N) is 3. The highest BCUT2D eigenvalue weighted by atomic mass is 16.3. The maximum atomic E-state index is 12.9. The van der Waals surface area contributed by atoms with Crippen LogP contribution in [0.25, 0.3) is 0 Å². The summed E-state index contributed by atoms with van der Waals surface area (Å²) in [6, 6.07) is 6.47. The number of carbonyl (C=O) groups excluding carboxylic acids is 1. The van der Waals surface area contributed by atoms with Crippen molar-refractivity contribution in [2.75, 3.05) is 6.61 Å². The van der Waals surface area contributed by atoms with Gasteiger partial charge in [0.1, 0.15) is 5.56 Å². The maximum Gasteiger partial charge on any atom is 0.263 e. The normalized spacial score (nSPS) is 12.0. The van der Waals surface area contributed by atoms with E-state index < -0.39 is 0 Å². The van der Waals surface area contributed by atoms with Gasteiger partial charge in [-0.15, -0.1) is 0 Å². The molecule has 0 saturated heterocycles. The minimum atomic E-state index is -0.371. The van der Waals surface area contributed by atoms with Crippen LogP contribution in [0.3, 0.4) is 0 Å². The summed E-state index contributed by atoms with van der Waals surface area (Å²) in [6.45, 7) is 2.07. The van der Waals surface area contributed by atoms with Crippen LogP contribution in [0, 0.1) is 0 Å². The van der Waals surface area contributed by atoms with E-state index in [1.54, 1.807) is 36.6 Å². The first-order valence-corrected chi connectivity index (χ1v) is 7.54. The second-order valence-electron chi connectivity index (χ2n) is 5.37. The molecule has 2 aromatic rings. The van der Waals surface area contributed by atoms with Gasteiger partial charge in [0.2, 0.25) is 0 Å². The summed E-state index contributed by atoms with van der Waals surface area (Å²) in [7, 11) is 1.61. The van der Waals surface area contributed by atoms with Gasteiger partial charge in [-0.25, -0.2) is 0 Å². The summed E-state index contributed by atoms with van der Waals surface area (Å²) < 4.78 is 1.37. The fraction of sp³-hybridized carbons (Fsp3) is 0.353. The molecule has 6 heteroatoms. The number of carbonyl (C=O) groups is 1. The number of hydrogen-bond donors (Lipinski definition) is 1. The second kappa shape index (κ2) is 7.69. The fourth-order valence-corrected chi connectivity index (χ4v) is 2.41. The Morgan fingerprint density at radius 1 is 1.35 bits per heavy atom. The molecule has 0 unspecified atom stereocenters. The van der Waals surface area contributed by atoms with E-state index >= 15 is 0 Å². The fourth-order valence-electron chi connectivity index (χ4n) is 2.41. The molecule has 0 saturated carbocycles. The minimum Gasteiger partial charge on any atom is -0.394 e. The van der Waals surface area contributed by atoms with Gasteiger partial charge in [-0.3, -0.25) is 14.6 Å². The molecule has 122 valence electrons. The molecule has 2 aromatic heterocycles. The van der Waals surface area contributed by atoms with E-state index in [1.165, 1.54) is 10.6 Å². The molecule has 2 heterocycles. The van der Waals surface area contributed by atoms with Crippen LogP contribution in [0.5, 0.6) is 0 Å². The third-order valence-electron chi connectivity index (χ3n) is 3.84. The number of hydrogen-bond acceptors (Lipinski definition) is 4. The van der Waals surface area contributed by atoms with Gasteiger partial charge in [-0.2, -0.15) is 0 Å². The van der Waals surface area contributed by atoms with Gasteiger partial charge in [0.05, 0.1) is 12.6 Å². The summed E-state index contributed by atoms with van der Waals surface area (Å²) in [4.78, 5) is 30.6. The lowest BCUT2D eigenvalue weighted by atomic mass is 10.1. The average molecular weight is 315 g/mol. The first kappa shape index (κ1) is 16.9. The Morgan fingerprint density at radius 2 is 2.04 bits per heavy atom. The highest BCUT2D eigenvalue weighted by molar-refractivity contribution is 5.94. The molecule has 6 nitrogen and oxygen atoms in total. The van der Waals surface area contributed by atoms with Crippen molar-refractivity contribution in [2.24, 2.45) is 7.05 Å². The number of rotatable bonds is 6. The van der Waals surface area contributed by atoms with Crippen molar-refractivity contribution in [3.8, 4) is 0 Å². The van der Waals surface area contributed by atoms with Gasteiger partial charge in [-0.05, 0) is 36.2 Å². The van der Waals surface area contributed by atoms with Crippen LogP contribution in [0.15, 0.2) is 47.7 Å². The van der Waals surface area contributed by atoms with Crippen molar-refractivity contribution >= 4 is 5.91 Å². The van der Waals surface area contributed by atoms with E-state index in [0.29, 0.717) is 13.0 Å². The van der Waals surface area contributed by atoms with Gasteiger partial charge in [0.25, 0.3) is 11.5 Å². The van der Waals surface area contributed by atoms with Crippen molar-refractivity contribution < 1.29 is 9.90 Å².